The van der Waals surface area contributed by atoms with E-state index in [1.807, 2.05) is 18.2 Å². The first-order chi connectivity index (χ1) is 12.6. The van der Waals surface area contributed by atoms with Crippen molar-refractivity contribution in [3.63, 3.8) is 0 Å². The summed E-state index contributed by atoms with van der Waals surface area (Å²) in [5.74, 6) is -0.308. The highest BCUT2D eigenvalue weighted by Crippen LogP contribution is 2.36. The van der Waals surface area contributed by atoms with Gasteiger partial charge in [-0.25, -0.2) is 4.68 Å². The number of amides is 1. The third-order valence-corrected chi connectivity index (χ3v) is 4.44. The van der Waals surface area contributed by atoms with Crippen molar-refractivity contribution >= 4 is 29.1 Å². The predicted octanol–water partition coefficient (Wildman–Crippen LogP) is 3.11. The van der Waals surface area contributed by atoms with Gasteiger partial charge in [-0.1, -0.05) is 24.2 Å². The van der Waals surface area contributed by atoms with Crippen LogP contribution in [0.25, 0.3) is 0 Å². The quantitative estimate of drug-likeness (QED) is 0.744. The van der Waals surface area contributed by atoms with Gasteiger partial charge in [0.1, 0.15) is 18.3 Å². The van der Waals surface area contributed by atoms with Crippen LogP contribution in [0.15, 0.2) is 67.3 Å². The van der Waals surface area contributed by atoms with Crippen molar-refractivity contribution in [1.82, 2.24) is 19.7 Å². The van der Waals surface area contributed by atoms with Crippen molar-refractivity contribution in [1.29, 1.82) is 0 Å². The molecule has 3 heterocycles. The normalized spacial score (nSPS) is 18.7. The van der Waals surface area contributed by atoms with Crippen LogP contribution in [0.5, 0.6) is 0 Å². The van der Waals surface area contributed by atoms with Gasteiger partial charge in [-0.2, -0.15) is 10.1 Å². The molecule has 8 heteroatoms. The molecule has 0 saturated carbocycles. The highest BCUT2D eigenvalue weighted by molar-refractivity contribution is 6.30. The second-order valence-corrected chi connectivity index (χ2v) is 6.29. The van der Waals surface area contributed by atoms with Gasteiger partial charge in [-0.15, -0.1) is 0 Å². The van der Waals surface area contributed by atoms with Crippen molar-refractivity contribution < 1.29 is 4.79 Å². The second-order valence-electron chi connectivity index (χ2n) is 5.85. The number of nitrogens with one attached hydrogen (secondary N) is 2. The van der Waals surface area contributed by atoms with Crippen molar-refractivity contribution in [3.05, 3.63) is 78.0 Å². The molecule has 0 spiro atoms. The first kappa shape index (κ1) is 16.3. The number of pyridine rings is 1. The number of rotatable bonds is 3. The number of halogens is 1. The van der Waals surface area contributed by atoms with Crippen molar-refractivity contribution in [2.24, 2.45) is 5.92 Å². The van der Waals surface area contributed by atoms with Gasteiger partial charge in [-0.05, 0) is 36.4 Å². The van der Waals surface area contributed by atoms with E-state index in [4.69, 9.17) is 11.6 Å². The molecule has 0 aliphatic carbocycles. The Kier molecular flexibility index (Phi) is 4.14. The van der Waals surface area contributed by atoms with Crippen LogP contribution >= 0.6 is 11.6 Å². The van der Waals surface area contributed by atoms with Crippen LogP contribution in [0.1, 0.15) is 11.7 Å². The monoisotopic (exact) mass is 366 g/mol. The standard InChI is InChI=1S/C18H15ClN6O/c1-11-15(17(26)24-13-7-5-12(19)6-8-13)16(14-4-2-3-9-20-14)25-18(23-11)21-10-22-25/h2-10,15-16H,1H2,(H,24,26)(H,21,22,23)/t15-,16+/m1/s1. The lowest BCUT2D eigenvalue weighted by Gasteiger charge is -2.33. The molecule has 1 aliphatic heterocycles. The third-order valence-electron chi connectivity index (χ3n) is 4.19. The number of nitrogens with zero attached hydrogens (tertiary/aromatic N) is 4. The van der Waals surface area contributed by atoms with Gasteiger partial charge < -0.3 is 10.6 Å². The Hall–Kier alpha value is -3.19. The molecule has 2 aromatic heterocycles. The van der Waals surface area contributed by atoms with Crippen molar-refractivity contribution in [2.75, 3.05) is 10.6 Å². The Balaban J connectivity index is 1.71. The van der Waals surface area contributed by atoms with Crippen LogP contribution in [-0.4, -0.2) is 25.7 Å². The zero-order valence-corrected chi connectivity index (χ0v) is 14.4. The average Bonchev–Trinajstić information content (AvgIpc) is 3.11. The van der Waals surface area contributed by atoms with E-state index in [1.54, 1.807) is 35.1 Å². The Morgan fingerprint density at radius 1 is 1.19 bits per heavy atom. The molecule has 0 radical (unpaired) electrons. The first-order valence-corrected chi connectivity index (χ1v) is 8.34. The molecule has 0 unspecified atom stereocenters. The minimum atomic E-state index is -0.616. The topological polar surface area (TPSA) is 84.7 Å². The smallest absolute Gasteiger partial charge is 0.236 e. The highest BCUT2D eigenvalue weighted by Gasteiger charge is 2.40. The molecular formula is C18H15ClN6O. The van der Waals surface area contributed by atoms with E-state index in [0.29, 0.717) is 28.0 Å². The number of aromatic nitrogens is 4. The number of hydrogen-bond donors (Lipinski definition) is 2. The van der Waals surface area contributed by atoms with Gasteiger partial charge in [0.25, 0.3) is 0 Å². The number of anilines is 2. The minimum absolute atomic E-state index is 0.221. The molecular weight excluding hydrogens is 352 g/mol. The maximum Gasteiger partial charge on any atom is 0.236 e. The van der Waals surface area contributed by atoms with E-state index in [2.05, 4.69) is 32.3 Å². The van der Waals surface area contributed by atoms with Gasteiger partial charge >= 0.3 is 0 Å². The zero-order chi connectivity index (χ0) is 18.1. The van der Waals surface area contributed by atoms with Crippen LogP contribution in [0.3, 0.4) is 0 Å². The van der Waals surface area contributed by atoms with E-state index in [1.165, 1.54) is 6.33 Å². The van der Waals surface area contributed by atoms with E-state index >= 15 is 0 Å². The summed E-state index contributed by atoms with van der Waals surface area (Å²) < 4.78 is 1.66. The maximum atomic E-state index is 13.0. The van der Waals surface area contributed by atoms with E-state index in [0.717, 1.165) is 0 Å². The predicted molar refractivity (Wildman–Crippen MR) is 98.7 cm³/mol. The Morgan fingerprint density at radius 3 is 2.73 bits per heavy atom. The molecule has 0 bridgehead atoms. The summed E-state index contributed by atoms with van der Waals surface area (Å²) >= 11 is 5.90. The molecule has 7 nitrogen and oxygen atoms in total. The highest BCUT2D eigenvalue weighted by atomic mass is 35.5. The van der Waals surface area contributed by atoms with Crippen molar-refractivity contribution in [3.8, 4) is 0 Å². The van der Waals surface area contributed by atoms with Gasteiger partial charge in [0.15, 0.2) is 0 Å². The SMILES string of the molecule is C=C1Nc2ncnn2[C@@H](c2ccccn2)[C@@H]1C(=O)Nc1ccc(Cl)cc1. The molecule has 0 saturated heterocycles. The van der Waals surface area contributed by atoms with Crippen molar-refractivity contribution in [2.45, 2.75) is 6.04 Å². The van der Waals surface area contributed by atoms with Gasteiger partial charge in [0.2, 0.25) is 11.9 Å². The Morgan fingerprint density at radius 2 is 2.00 bits per heavy atom. The van der Waals surface area contributed by atoms with Gasteiger partial charge in [-0.3, -0.25) is 9.78 Å². The molecule has 2 atom stereocenters. The molecule has 4 rings (SSSR count). The van der Waals surface area contributed by atoms with Crippen LogP contribution in [0, 0.1) is 5.92 Å². The minimum Gasteiger partial charge on any atom is -0.328 e. The summed E-state index contributed by atoms with van der Waals surface area (Å²) in [5, 5.41) is 10.8. The Bertz CT molecular complexity index is 953. The maximum absolute atomic E-state index is 13.0. The van der Waals surface area contributed by atoms with Crippen LogP contribution in [-0.2, 0) is 4.79 Å². The molecule has 3 aromatic rings. The van der Waals surface area contributed by atoms with E-state index < -0.39 is 12.0 Å². The molecule has 130 valence electrons. The average molecular weight is 367 g/mol. The summed E-state index contributed by atoms with van der Waals surface area (Å²) in [5.41, 5.74) is 1.89. The lowest BCUT2D eigenvalue weighted by Crippen LogP contribution is -2.39. The fourth-order valence-electron chi connectivity index (χ4n) is 3.00. The second kappa shape index (κ2) is 6.61. The number of benzene rings is 1. The molecule has 1 amide bonds. The van der Waals surface area contributed by atoms with Gasteiger partial charge in [0.05, 0.1) is 5.69 Å². The largest absolute Gasteiger partial charge is 0.328 e. The molecule has 1 aromatic carbocycles. The molecule has 1 aliphatic rings. The third kappa shape index (κ3) is 2.93. The number of carbonyl (C=O) groups excluding carboxylic acids is 1. The lowest BCUT2D eigenvalue weighted by molar-refractivity contribution is -0.119. The molecule has 26 heavy (non-hydrogen) atoms. The summed E-state index contributed by atoms with van der Waals surface area (Å²) in [6.07, 6.45) is 3.12. The Labute approximate surface area is 154 Å². The molecule has 0 fully saturated rings. The summed E-state index contributed by atoms with van der Waals surface area (Å²) in [4.78, 5) is 21.6. The van der Waals surface area contributed by atoms with Gasteiger partial charge in [0, 0.05) is 22.6 Å². The number of carbonyl (C=O) groups is 1. The number of fused-ring (bicyclic) bond motifs is 1. The lowest BCUT2D eigenvalue weighted by atomic mass is 9.91. The van der Waals surface area contributed by atoms with Crippen LogP contribution < -0.4 is 10.6 Å². The summed E-state index contributed by atoms with van der Waals surface area (Å²) in [7, 11) is 0. The zero-order valence-electron chi connectivity index (χ0n) is 13.6. The van der Waals surface area contributed by atoms with E-state index in [9.17, 15) is 4.79 Å². The van der Waals surface area contributed by atoms with E-state index in [-0.39, 0.29) is 5.91 Å². The molecule has 2 N–H and O–H groups in total. The van der Waals surface area contributed by atoms with Crippen LogP contribution in [0.2, 0.25) is 5.02 Å². The fourth-order valence-corrected chi connectivity index (χ4v) is 3.12. The van der Waals surface area contributed by atoms with Crippen LogP contribution in [0.4, 0.5) is 11.6 Å². The fraction of sp³-hybridized carbons (Fsp3) is 0.111. The summed E-state index contributed by atoms with van der Waals surface area (Å²) in [6.45, 7) is 4.02. The first-order valence-electron chi connectivity index (χ1n) is 7.96. The summed E-state index contributed by atoms with van der Waals surface area (Å²) in [6, 6.07) is 12.0. The number of hydrogen-bond acceptors (Lipinski definition) is 5.